The molecule has 0 fully saturated rings. The van der Waals surface area contributed by atoms with Crippen molar-refractivity contribution in [3.8, 4) is 11.8 Å². The first kappa shape index (κ1) is 9.86. The average molecular weight is 214 g/mol. The summed E-state index contributed by atoms with van der Waals surface area (Å²) in [5, 5.41) is 21.3. The fourth-order valence-corrected chi connectivity index (χ4v) is 1.20. The van der Waals surface area contributed by atoms with E-state index in [2.05, 4.69) is 10.1 Å². The molecule has 16 heavy (non-hydrogen) atoms. The molecule has 6 nitrogen and oxygen atoms in total. The zero-order chi connectivity index (χ0) is 11.5. The molecule has 0 radical (unpaired) electrons. The second-order valence-corrected chi connectivity index (χ2v) is 2.99. The predicted molar refractivity (Wildman–Crippen MR) is 53.0 cm³/mol. The Morgan fingerprint density at radius 1 is 1.56 bits per heavy atom. The molecule has 0 spiro atoms. The quantitative estimate of drug-likeness (QED) is 0.799. The summed E-state index contributed by atoms with van der Waals surface area (Å²) in [6.45, 7) is 0. The number of aromatic nitrogens is 3. The van der Waals surface area contributed by atoms with Gasteiger partial charge in [0.2, 0.25) is 0 Å². The van der Waals surface area contributed by atoms with Gasteiger partial charge in [-0.25, -0.2) is 14.5 Å². The molecule has 0 atom stereocenters. The van der Waals surface area contributed by atoms with E-state index in [0.717, 1.165) is 0 Å². The van der Waals surface area contributed by atoms with E-state index < -0.39 is 5.97 Å². The highest BCUT2D eigenvalue weighted by molar-refractivity contribution is 5.86. The predicted octanol–water partition coefficient (Wildman–Crippen LogP) is 0.837. The summed E-state index contributed by atoms with van der Waals surface area (Å²) in [4.78, 5) is 14.5. The molecule has 2 aromatic heterocycles. The third-order valence-corrected chi connectivity index (χ3v) is 1.95. The van der Waals surface area contributed by atoms with Gasteiger partial charge in [-0.3, -0.25) is 0 Å². The topological polar surface area (TPSA) is 91.8 Å². The molecule has 0 unspecified atom stereocenters. The summed E-state index contributed by atoms with van der Waals surface area (Å²) in [6.07, 6.45) is 4.09. The molecule has 2 heterocycles. The van der Waals surface area contributed by atoms with Crippen molar-refractivity contribution in [3.05, 3.63) is 42.0 Å². The van der Waals surface area contributed by atoms with Crippen LogP contribution in [0.15, 0.2) is 30.7 Å². The van der Waals surface area contributed by atoms with Crippen LogP contribution in [0.25, 0.3) is 5.69 Å². The molecule has 0 aliphatic heterocycles. The molecule has 6 heteroatoms. The Labute approximate surface area is 90.4 Å². The largest absolute Gasteiger partial charge is 0.478 e. The smallest absolute Gasteiger partial charge is 0.338 e. The van der Waals surface area contributed by atoms with E-state index in [0.29, 0.717) is 5.69 Å². The zero-order valence-electron chi connectivity index (χ0n) is 8.03. The van der Waals surface area contributed by atoms with E-state index in [-0.39, 0.29) is 11.3 Å². The van der Waals surface area contributed by atoms with Crippen LogP contribution >= 0.6 is 0 Å². The van der Waals surface area contributed by atoms with Gasteiger partial charge in [-0.05, 0) is 6.07 Å². The van der Waals surface area contributed by atoms with Crippen molar-refractivity contribution in [3.63, 3.8) is 0 Å². The Bertz CT molecular complexity index is 583. The number of hydrogen-bond acceptors (Lipinski definition) is 4. The monoisotopic (exact) mass is 214 g/mol. The Morgan fingerprint density at radius 3 is 3.00 bits per heavy atom. The SMILES string of the molecule is N#Cc1cc(-n2cc(C(=O)O)cn2)ccn1. The van der Waals surface area contributed by atoms with Gasteiger partial charge in [-0.2, -0.15) is 10.4 Å². The molecule has 0 amide bonds. The van der Waals surface area contributed by atoms with Gasteiger partial charge in [-0.15, -0.1) is 0 Å². The van der Waals surface area contributed by atoms with Crippen LogP contribution in [-0.4, -0.2) is 25.8 Å². The maximum absolute atomic E-state index is 10.7. The van der Waals surface area contributed by atoms with E-state index in [1.165, 1.54) is 29.3 Å². The normalized spacial score (nSPS) is 9.69. The minimum absolute atomic E-state index is 0.0929. The molecule has 78 valence electrons. The van der Waals surface area contributed by atoms with Crippen molar-refractivity contribution in [2.45, 2.75) is 0 Å². The number of nitriles is 1. The lowest BCUT2D eigenvalue weighted by molar-refractivity contribution is 0.0697. The second-order valence-electron chi connectivity index (χ2n) is 2.99. The minimum atomic E-state index is -1.04. The fraction of sp³-hybridized carbons (Fsp3) is 0. The average Bonchev–Trinajstić information content (AvgIpc) is 2.78. The van der Waals surface area contributed by atoms with Crippen LogP contribution in [0.4, 0.5) is 0 Å². The van der Waals surface area contributed by atoms with Crippen molar-refractivity contribution in [2.24, 2.45) is 0 Å². The second kappa shape index (κ2) is 3.82. The van der Waals surface area contributed by atoms with Gasteiger partial charge in [0.05, 0.1) is 17.4 Å². The van der Waals surface area contributed by atoms with Crippen LogP contribution in [0.5, 0.6) is 0 Å². The molecule has 0 saturated carbocycles. The summed E-state index contributed by atoms with van der Waals surface area (Å²) in [6, 6.07) is 5.06. The Hall–Kier alpha value is -2.68. The number of carboxylic acid groups (broad SMARTS) is 1. The molecule has 2 rings (SSSR count). The van der Waals surface area contributed by atoms with E-state index in [1.807, 2.05) is 6.07 Å². The minimum Gasteiger partial charge on any atom is -0.478 e. The summed E-state index contributed by atoms with van der Waals surface area (Å²) in [5.41, 5.74) is 0.944. The van der Waals surface area contributed by atoms with Crippen LogP contribution in [0.2, 0.25) is 0 Å². The first-order valence-electron chi connectivity index (χ1n) is 4.35. The maximum Gasteiger partial charge on any atom is 0.338 e. The lowest BCUT2D eigenvalue weighted by atomic mass is 10.3. The van der Waals surface area contributed by atoms with Gasteiger partial charge in [0.25, 0.3) is 0 Å². The van der Waals surface area contributed by atoms with Crippen LogP contribution in [0, 0.1) is 11.3 Å². The van der Waals surface area contributed by atoms with Crippen molar-refractivity contribution >= 4 is 5.97 Å². The molecule has 0 aliphatic rings. The number of aromatic carboxylic acids is 1. The summed E-state index contributed by atoms with van der Waals surface area (Å²) in [7, 11) is 0. The molecule has 0 saturated heterocycles. The molecule has 0 aromatic carbocycles. The van der Waals surface area contributed by atoms with Gasteiger partial charge in [0.1, 0.15) is 11.8 Å². The van der Waals surface area contributed by atoms with Crippen LogP contribution < -0.4 is 0 Å². The highest BCUT2D eigenvalue weighted by Gasteiger charge is 2.07. The van der Waals surface area contributed by atoms with Crippen molar-refractivity contribution < 1.29 is 9.90 Å². The Morgan fingerprint density at radius 2 is 2.38 bits per heavy atom. The number of carboxylic acids is 1. The van der Waals surface area contributed by atoms with Crippen molar-refractivity contribution in [1.29, 1.82) is 5.26 Å². The van der Waals surface area contributed by atoms with Crippen molar-refractivity contribution in [2.75, 3.05) is 0 Å². The number of pyridine rings is 1. The molecule has 0 bridgehead atoms. The third kappa shape index (κ3) is 1.74. The third-order valence-electron chi connectivity index (χ3n) is 1.95. The van der Waals surface area contributed by atoms with Crippen LogP contribution in [0.1, 0.15) is 16.1 Å². The van der Waals surface area contributed by atoms with E-state index in [9.17, 15) is 4.79 Å². The standard InChI is InChI=1S/C10H6N4O2/c11-4-8-3-9(1-2-12-8)14-6-7(5-13-14)10(15)16/h1-3,5-6H,(H,15,16). The fourth-order valence-electron chi connectivity index (χ4n) is 1.20. The Balaban J connectivity index is 2.43. The first-order chi connectivity index (χ1) is 7.70. The van der Waals surface area contributed by atoms with Crippen LogP contribution in [0.3, 0.4) is 0 Å². The lowest BCUT2D eigenvalue weighted by Gasteiger charge is -1.99. The molecule has 2 aromatic rings. The highest BCUT2D eigenvalue weighted by Crippen LogP contribution is 2.08. The maximum atomic E-state index is 10.7. The van der Waals surface area contributed by atoms with E-state index >= 15 is 0 Å². The lowest BCUT2D eigenvalue weighted by Crippen LogP contribution is -1.97. The number of rotatable bonds is 2. The molecular formula is C10H6N4O2. The van der Waals surface area contributed by atoms with Gasteiger partial charge in [0.15, 0.2) is 0 Å². The first-order valence-corrected chi connectivity index (χ1v) is 4.35. The summed E-state index contributed by atoms with van der Waals surface area (Å²) in [5.74, 6) is -1.04. The van der Waals surface area contributed by atoms with Gasteiger partial charge in [-0.1, -0.05) is 0 Å². The summed E-state index contributed by atoms with van der Waals surface area (Å²) < 4.78 is 1.38. The van der Waals surface area contributed by atoms with Crippen LogP contribution in [-0.2, 0) is 0 Å². The molecule has 1 N–H and O–H groups in total. The van der Waals surface area contributed by atoms with Gasteiger partial charge >= 0.3 is 5.97 Å². The summed E-state index contributed by atoms with van der Waals surface area (Å²) >= 11 is 0. The van der Waals surface area contributed by atoms with Gasteiger partial charge < -0.3 is 5.11 Å². The number of carbonyl (C=O) groups is 1. The highest BCUT2D eigenvalue weighted by atomic mass is 16.4. The van der Waals surface area contributed by atoms with E-state index in [1.54, 1.807) is 6.07 Å². The van der Waals surface area contributed by atoms with Gasteiger partial charge in [0, 0.05) is 18.5 Å². The molecule has 0 aliphatic carbocycles. The van der Waals surface area contributed by atoms with E-state index in [4.69, 9.17) is 10.4 Å². The zero-order valence-corrected chi connectivity index (χ0v) is 8.03. The number of hydrogen-bond donors (Lipinski definition) is 1. The number of nitrogens with zero attached hydrogens (tertiary/aromatic N) is 4. The van der Waals surface area contributed by atoms with Crippen molar-refractivity contribution in [1.82, 2.24) is 14.8 Å². The molecular weight excluding hydrogens is 208 g/mol. The Kier molecular flexibility index (Phi) is 2.36.